The third kappa shape index (κ3) is 3.54. The summed E-state index contributed by atoms with van der Waals surface area (Å²) in [5.74, 6) is 0.201. The quantitative estimate of drug-likeness (QED) is 0.429. The highest BCUT2D eigenvalue weighted by molar-refractivity contribution is 6.34. The average molecular weight is 435 g/mol. The molecule has 0 bridgehead atoms. The minimum atomic E-state index is -0.453. The number of anilines is 1. The fraction of sp³-hybridized carbons (Fsp3) is 0.0769. The number of hydrogen-bond acceptors (Lipinski definition) is 6. The van der Waals surface area contributed by atoms with Crippen LogP contribution in [0.1, 0.15) is 31.8 Å². The Morgan fingerprint density at radius 2 is 1.64 bits per heavy atom. The van der Waals surface area contributed by atoms with Gasteiger partial charge in [0.1, 0.15) is 12.4 Å². The van der Waals surface area contributed by atoms with E-state index in [0.717, 1.165) is 16.2 Å². The molecule has 7 heteroatoms. The first-order valence-corrected chi connectivity index (χ1v) is 10.2. The van der Waals surface area contributed by atoms with Crippen LogP contribution in [0.5, 0.6) is 11.5 Å². The van der Waals surface area contributed by atoms with Gasteiger partial charge in [0.2, 0.25) is 0 Å². The van der Waals surface area contributed by atoms with E-state index in [2.05, 4.69) is 11.1 Å². The van der Waals surface area contributed by atoms with Crippen molar-refractivity contribution < 1.29 is 19.1 Å². The van der Waals surface area contributed by atoms with E-state index in [1.54, 1.807) is 55.6 Å². The van der Waals surface area contributed by atoms with E-state index in [4.69, 9.17) is 9.47 Å². The van der Waals surface area contributed by atoms with Gasteiger partial charge in [-0.2, -0.15) is 5.26 Å². The van der Waals surface area contributed by atoms with E-state index in [1.165, 1.54) is 0 Å². The van der Waals surface area contributed by atoms with Gasteiger partial charge in [0, 0.05) is 5.39 Å². The lowest BCUT2D eigenvalue weighted by atomic mass is 10.1. The lowest BCUT2D eigenvalue weighted by Gasteiger charge is -2.18. The number of carbonyl (C=O) groups excluding carboxylic acids is 2. The number of imide groups is 1. The molecule has 4 aromatic rings. The minimum absolute atomic E-state index is 0.118. The van der Waals surface area contributed by atoms with Crippen LogP contribution in [0.4, 0.5) is 5.82 Å². The molecule has 2 amide bonds. The van der Waals surface area contributed by atoms with Crippen molar-refractivity contribution in [3.8, 4) is 17.6 Å². The van der Waals surface area contributed by atoms with Crippen LogP contribution in [0.3, 0.4) is 0 Å². The highest BCUT2D eigenvalue weighted by Crippen LogP contribution is 2.36. The average Bonchev–Trinajstić information content (AvgIpc) is 3.12. The largest absolute Gasteiger partial charge is 0.497 e. The molecule has 0 saturated carbocycles. The van der Waals surface area contributed by atoms with Gasteiger partial charge in [-0.15, -0.1) is 0 Å². The maximum Gasteiger partial charge on any atom is 0.267 e. The van der Waals surface area contributed by atoms with Gasteiger partial charge in [-0.1, -0.05) is 24.3 Å². The van der Waals surface area contributed by atoms with Gasteiger partial charge in [-0.3, -0.25) is 9.59 Å². The lowest BCUT2D eigenvalue weighted by molar-refractivity contribution is 0.0923. The van der Waals surface area contributed by atoms with Crippen molar-refractivity contribution in [2.45, 2.75) is 6.61 Å². The van der Waals surface area contributed by atoms with Crippen molar-refractivity contribution in [2.75, 3.05) is 12.0 Å². The number of hydrogen-bond donors (Lipinski definition) is 0. The lowest BCUT2D eigenvalue weighted by Crippen LogP contribution is -2.30. The molecule has 0 N–H and O–H groups in total. The summed E-state index contributed by atoms with van der Waals surface area (Å²) in [5, 5.41) is 9.91. The summed E-state index contributed by atoms with van der Waals surface area (Å²) in [4.78, 5) is 31.8. The summed E-state index contributed by atoms with van der Waals surface area (Å²) >= 11 is 0. The number of aromatic nitrogens is 1. The van der Waals surface area contributed by atoms with Crippen LogP contribution < -0.4 is 14.4 Å². The molecule has 0 aliphatic carbocycles. The number of ether oxygens (including phenoxy) is 2. The molecule has 0 spiro atoms. The van der Waals surface area contributed by atoms with Crippen molar-refractivity contribution in [2.24, 2.45) is 0 Å². The van der Waals surface area contributed by atoms with E-state index in [9.17, 15) is 14.9 Å². The van der Waals surface area contributed by atoms with E-state index in [1.807, 2.05) is 24.3 Å². The van der Waals surface area contributed by atoms with Gasteiger partial charge in [0.25, 0.3) is 11.8 Å². The van der Waals surface area contributed by atoms with Gasteiger partial charge in [0.15, 0.2) is 11.6 Å². The number of nitriles is 1. The van der Waals surface area contributed by atoms with Crippen LogP contribution in [-0.2, 0) is 6.61 Å². The molecule has 1 aromatic heterocycles. The minimum Gasteiger partial charge on any atom is -0.497 e. The molecule has 0 radical (unpaired) electrons. The third-order valence-electron chi connectivity index (χ3n) is 5.45. The van der Waals surface area contributed by atoms with Crippen molar-refractivity contribution in [1.82, 2.24) is 4.98 Å². The summed E-state index contributed by atoms with van der Waals surface area (Å²) in [6.45, 7) is 0.186. The van der Waals surface area contributed by atoms with E-state index in [-0.39, 0.29) is 18.2 Å². The summed E-state index contributed by atoms with van der Waals surface area (Å²) in [6.07, 6.45) is 0. The number of amides is 2. The highest BCUT2D eigenvalue weighted by Gasteiger charge is 2.39. The van der Waals surface area contributed by atoms with Gasteiger partial charge in [-0.25, -0.2) is 9.88 Å². The predicted molar refractivity (Wildman–Crippen MR) is 121 cm³/mol. The number of benzene rings is 3. The highest BCUT2D eigenvalue weighted by atomic mass is 16.5. The van der Waals surface area contributed by atoms with Crippen LogP contribution in [0, 0.1) is 11.3 Å². The fourth-order valence-corrected chi connectivity index (χ4v) is 3.75. The molecular formula is C26H17N3O4. The first-order valence-electron chi connectivity index (χ1n) is 10.2. The predicted octanol–water partition coefficient (Wildman–Crippen LogP) is 4.49. The van der Waals surface area contributed by atoms with Crippen molar-refractivity contribution in [3.63, 3.8) is 0 Å². The SMILES string of the molecule is COc1ccc(COc2cc3cc(C#N)ccc3nc2N2C(=O)c3ccccc3C2=O)cc1. The van der Waals surface area contributed by atoms with Crippen LogP contribution in [-0.4, -0.2) is 23.9 Å². The molecule has 33 heavy (non-hydrogen) atoms. The number of fused-ring (bicyclic) bond motifs is 2. The Morgan fingerprint density at radius 3 is 2.27 bits per heavy atom. The van der Waals surface area contributed by atoms with Crippen LogP contribution in [0.15, 0.2) is 72.8 Å². The van der Waals surface area contributed by atoms with Crippen LogP contribution in [0.25, 0.3) is 10.9 Å². The molecule has 5 rings (SSSR count). The molecule has 2 heterocycles. The Kier molecular flexibility index (Phi) is 4.96. The Labute approximate surface area is 189 Å². The van der Waals surface area contributed by atoms with Gasteiger partial charge >= 0.3 is 0 Å². The zero-order chi connectivity index (χ0) is 22.9. The number of carbonyl (C=O) groups is 2. The van der Waals surface area contributed by atoms with Gasteiger partial charge in [-0.05, 0) is 54.1 Å². The maximum atomic E-state index is 13.1. The molecule has 0 unspecified atom stereocenters. The zero-order valence-electron chi connectivity index (χ0n) is 17.6. The molecule has 0 fully saturated rings. The monoisotopic (exact) mass is 435 g/mol. The van der Waals surface area contributed by atoms with Crippen molar-refractivity contribution >= 4 is 28.5 Å². The van der Waals surface area contributed by atoms with Crippen LogP contribution in [0.2, 0.25) is 0 Å². The van der Waals surface area contributed by atoms with Gasteiger partial charge < -0.3 is 9.47 Å². The zero-order valence-corrected chi connectivity index (χ0v) is 17.6. The topological polar surface area (TPSA) is 92.5 Å². The molecule has 1 aliphatic heterocycles. The van der Waals surface area contributed by atoms with Gasteiger partial charge in [0.05, 0.1) is 35.4 Å². The second-order valence-corrected chi connectivity index (χ2v) is 7.46. The number of pyridine rings is 1. The fourth-order valence-electron chi connectivity index (χ4n) is 3.75. The Balaban J connectivity index is 1.58. The standard InChI is InChI=1S/C26H17N3O4/c1-32-19-9-6-16(7-10-19)15-33-23-13-18-12-17(14-27)8-11-22(18)28-24(23)29-25(30)20-4-2-3-5-21(20)26(29)31/h2-13H,15H2,1H3. The Bertz CT molecular complexity index is 1420. The number of nitrogens with zero attached hydrogens (tertiary/aromatic N) is 3. The molecule has 7 nitrogen and oxygen atoms in total. The number of rotatable bonds is 5. The molecule has 0 saturated heterocycles. The molecule has 160 valence electrons. The third-order valence-corrected chi connectivity index (χ3v) is 5.45. The summed E-state index contributed by atoms with van der Waals surface area (Å²) in [6, 6.07) is 22.9. The second kappa shape index (κ2) is 8.09. The molecule has 0 atom stereocenters. The van der Waals surface area contributed by atoms with E-state index in [0.29, 0.717) is 27.6 Å². The molecule has 1 aliphatic rings. The number of methoxy groups -OCH3 is 1. The smallest absolute Gasteiger partial charge is 0.267 e. The Morgan fingerprint density at radius 1 is 0.939 bits per heavy atom. The first kappa shape index (κ1) is 20.2. The second-order valence-electron chi connectivity index (χ2n) is 7.46. The van der Waals surface area contributed by atoms with E-state index >= 15 is 0 Å². The maximum absolute atomic E-state index is 13.1. The first-order chi connectivity index (χ1) is 16.1. The van der Waals surface area contributed by atoms with E-state index < -0.39 is 11.8 Å². The summed E-state index contributed by atoms with van der Waals surface area (Å²) in [5.41, 5.74) is 2.53. The summed E-state index contributed by atoms with van der Waals surface area (Å²) < 4.78 is 11.2. The normalized spacial score (nSPS) is 12.5. The molecular weight excluding hydrogens is 418 g/mol. The van der Waals surface area contributed by atoms with Crippen molar-refractivity contribution in [3.05, 3.63) is 95.1 Å². The summed E-state index contributed by atoms with van der Waals surface area (Å²) in [7, 11) is 1.59. The van der Waals surface area contributed by atoms with Crippen LogP contribution >= 0.6 is 0 Å². The Hall–Kier alpha value is -4.70. The molecule has 3 aromatic carbocycles. The van der Waals surface area contributed by atoms with Crippen molar-refractivity contribution in [1.29, 1.82) is 5.26 Å².